The summed E-state index contributed by atoms with van der Waals surface area (Å²) in [6, 6.07) is -1.25. The molecule has 1 aliphatic rings. The molecule has 110 valence electrons. The Bertz CT molecular complexity index is 290. The molecular weight excluding hydrogens is 248 g/mol. The second-order valence-electron chi connectivity index (χ2n) is 4.65. The quantitative estimate of drug-likeness (QED) is 0.396. The van der Waals surface area contributed by atoms with Crippen molar-refractivity contribution in [2.45, 2.75) is 51.2 Å². The van der Waals surface area contributed by atoms with E-state index in [2.05, 4.69) is 10.1 Å². The minimum absolute atomic E-state index is 0.213. The van der Waals surface area contributed by atoms with Gasteiger partial charge in [-0.2, -0.15) is 0 Å². The minimum atomic E-state index is -1.25. The lowest BCUT2D eigenvalue weighted by Crippen LogP contribution is -2.47. The average Bonchev–Trinajstić information content (AvgIpc) is 2.44. The maximum Gasteiger partial charge on any atom is 0.332 e. The van der Waals surface area contributed by atoms with E-state index in [-0.39, 0.29) is 6.61 Å². The van der Waals surface area contributed by atoms with Gasteiger partial charge < -0.3 is 20.5 Å². The highest BCUT2D eigenvalue weighted by Gasteiger charge is 2.22. The van der Waals surface area contributed by atoms with Crippen LogP contribution in [0.15, 0.2) is 0 Å². The number of hydrogen-bond acceptors (Lipinski definition) is 5. The van der Waals surface area contributed by atoms with Gasteiger partial charge in [-0.15, -0.1) is 0 Å². The lowest BCUT2D eigenvalue weighted by atomic mass is 9.98. The van der Waals surface area contributed by atoms with Crippen molar-refractivity contribution in [1.29, 1.82) is 0 Å². The molecule has 1 saturated carbocycles. The molecule has 6 nitrogen and oxygen atoms in total. The SMILES string of the molecule is CCOC(=O)C(N)C(=O)NCCOC1CCCCC1. The van der Waals surface area contributed by atoms with Crippen LogP contribution in [0.25, 0.3) is 0 Å². The molecule has 1 rings (SSSR count). The van der Waals surface area contributed by atoms with Gasteiger partial charge in [-0.3, -0.25) is 4.79 Å². The summed E-state index contributed by atoms with van der Waals surface area (Å²) in [5, 5.41) is 2.57. The number of nitrogens with one attached hydrogen (secondary N) is 1. The second kappa shape index (κ2) is 8.87. The van der Waals surface area contributed by atoms with Gasteiger partial charge >= 0.3 is 5.97 Å². The molecule has 0 bridgehead atoms. The van der Waals surface area contributed by atoms with Gasteiger partial charge in [0.15, 0.2) is 6.04 Å². The first-order valence-electron chi connectivity index (χ1n) is 6.96. The summed E-state index contributed by atoms with van der Waals surface area (Å²) >= 11 is 0. The van der Waals surface area contributed by atoms with Crippen molar-refractivity contribution in [1.82, 2.24) is 5.32 Å². The summed E-state index contributed by atoms with van der Waals surface area (Å²) in [6.45, 7) is 2.69. The molecule has 1 fully saturated rings. The van der Waals surface area contributed by atoms with Crippen molar-refractivity contribution < 1.29 is 19.1 Å². The molecule has 0 aromatic heterocycles. The Morgan fingerprint density at radius 2 is 2.00 bits per heavy atom. The van der Waals surface area contributed by atoms with E-state index in [1.807, 2.05) is 0 Å². The van der Waals surface area contributed by atoms with E-state index in [0.29, 0.717) is 19.3 Å². The number of hydrogen-bond donors (Lipinski definition) is 2. The lowest BCUT2D eigenvalue weighted by molar-refractivity contribution is -0.148. The van der Waals surface area contributed by atoms with Crippen molar-refractivity contribution in [2.75, 3.05) is 19.8 Å². The molecule has 0 saturated heterocycles. The van der Waals surface area contributed by atoms with Gasteiger partial charge in [0.2, 0.25) is 5.91 Å². The maximum atomic E-state index is 11.5. The third kappa shape index (κ3) is 6.02. The minimum Gasteiger partial charge on any atom is -0.464 e. The zero-order valence-corrected chi connectivity index (χ0v) is 11.5. The van der Waals surface area contributed by atoms with E-state index in [9.17, 15) is 9.59 Å². The Labute approximate surface area is 114 Å². The Kier molecular flexibility index (Phi) is 7.43. The Morgan fingerprint density at radius 1 is 1.32 bits per heavy atom. The Morgan fingerprint density at radius 3 is 2.63 bits per heavy atom. The van der Waals surface area contributed by atoms with E-state index in [1.165, 1.54) is 19.3 Å². The van der Waals surface area contributed by atoms with Crippen molar-refractivity contribution in [2.24, 2.45) is 5.73 Å². The van der Waals surface area contributed by atoms with Crippen molar-refractivity contribution >= 4 is 11.9 Å². The van der Waals surface area contributed by atoms with E-state index in [4.69, 9.17) is 10.5 Å². The number of rotatable bonds is 7. The Balaban J connectivity index is 2.10. The van der Waals surface area contributed by atoms with Gasteiger partial charge in [0, 0.05) is 6.54 Å². The third-order valence-corrected chi connectivity index (χ3v) is 3.13. The zero-order valence-electron chi connectivity index (χ0n) is 11.5. The summed E-state index contributed by atoms with van der Waals surface area (Å²) < 4.78 is 10.3. The van der Waals surface area contributed by atoms with E-state index >= 15 is 0 Å². The van der Waals surface area contributed by atoms with E-state index < -0.39 is 17.9 Å². The smallest absolute Gasteiger partial charge is 0.332 e. The summed E-state index contributed by atoms with van der Waals surface area (Å²) in [7, 11) is 0. The van der Waals surface area contributed by atoms with Crippen molar-refractivity contribution in [3.63, 3.8) is 0 Å². The molecule has 0 heterocycles. The van der Waals surface area contributed by atoms with E-state index in [1.54, 1.807) is 6.92 Å². The highest BCUT2D eigenvalue weighted by atomic mass is 16.5. The fourth-order valence-corrected chi connectivity index (χ4v) is 2.08. The topological polar surface area (TPSA) is 90.7 Å². The van der Waals surface area contributed by atoms with Crippen LogP contribution in [-0.4, -0.2) is 43.8 Å². The molecule has 19 heavy (non-hydrogen) atoms. The summed E-state index contributed by atoms with van der Waals surface area (Å²) in [6.07, 6.45) is 6.21. The fraction of sp³-hybridized carbons (Fsp3) is 0.846. The number of carbonyl (C=O) groups is 2. The van der Waals surface area contributed by atoms with Gasteiger partial charge in [-0.05, 0) is 19.8 Å². The van der Waals surface area contributed by atoms with Crippen LogP contribution in [0.4, 0.5) is 0 Å². The molecule has 3 N–H and O–H groups in total. The number of amides is 1. The second-order valence-corrected chi connectivity index (χ2v) is 4.65. The highest BCUT2D eigenvalue weighted by Crippen LogP contribution is 2.19. The first-order valence-corrected chi connectivity index (χ1v) is 6.96. The number of nitrogens with two attached hydrogens (primary N) is 1. The molecule has 1 atom stereocenters. The van der Waals surface area contributed by atoms with Crippen LogP contribution in [0, 0.1) is 0 Å². The molecule has 0 aromatic carbocycles. The van der Waals surface area contributed by atoms with Gasteiger partial charge in [0.1, 0.15) is 0 Å². The highest BCUT2D eigenvalue weighted by molar-refractivity contribution is 6.01. The van der Waals surface area contributed by atoms with Crippen LogP contribution in [-0.2, 0) is 19.1 Å². The molecule has 1 amide bonds. The van der Waals surface area contributed by atoms with Crippen LogP contribution in [0.1, 0.15) is 39.0 Å². The van der Waals surface area contributed by atoms with Gasteiger partial charge in [-0.25, -0.2) is 4.79 Å². The predicted octanol–water partition coefficient (Wildman–Crippen LogP) is 0.342. The lowest BCUT2D eigenvalue weighted by Gasteiger charge is -2.22. The first-order chi connectivity index (χ1) is 9.15. The molecule has 6 heteroatoms. The standard InChI is InChI=1S/C13H24N2O4/c1-2-18-13(17)11(14)12(16)15-8-9-19-10-6-4-3-5-7-10/h10-11H,2-9,14H2,1H3,(H,15,16). The van der Waals surface area contributed by atoms with Crippen LogP contribution in [0.5, 0.6) is 0 Å². The molecule has 0 aromatic rings. The van der Waals surface area contributed by atoms with Gasteiger partial charge in [0.25, 0.3) is 0 Å². The van der Waals surface area contributed by atoms with Crippen LogP contribution in [0.3, 0.4) is 0 Å². The van der Waals surface area contributed by atoms with Gasteiger partial charge in [0.05, 0.1) is 19.3 Å². The maximum absolute atomic E-state index is 11.5. The summed E-state index contributed by atoms with van der Waals surface area (Å²) in [5.74, 6) is -1.22. The summed E-state index contributed by atoms with van der Waals surface area (Å²) in [4.78, 5) is 22.7. The molecule has 0 aliphatic heterocycles. The monoisotopic (exact) mass is 272 g/mol. The molecule has 1 unspecified atom stereocenters. The van der Waals surface area contributed by atoms with Crippen LogP contribution in [0.2, 0.25) is 0 Å². The third-order valence-electron chi connectivity index (χ3n) is 3.13. The van der Waals surface area contributed by atoms with Gasteiger partial charge in [-0.1, -0.05) is 19.3 Å². The average molecular weight is 272 g/mol. The summed E-state index contributed by atoms with van der Waals surface area (Å²) in [5.41, 5.74) is 5.44. The normalized spacial score (nSPS) is 17.8. The molecule has 1 aliphatic carbocycles. The van der Waals surface area contributed by atoms with Crippen molar-refractivity contribution in [3.05, 3.63) is 0 Å². The molecule has 0 spiro atoms. The largest absolute Gasteiger partial charge is 0.464 e. The predicted molar refractivity (Wildman–Crippen MR) is 70.4 cm³/mol. The van der Waals surface area contributed by atoms with Crippen LogP contribution < -0.4 is 11.1 Å². The first kappa shape index (κ1) is 15.9. The number of esters is 1. The van der Waals surface area contributed by atoms with Crippen LogP contribution >= 0.6 is 0 Å². The molecule has 0 radical (unpaired) electrons. The number of carbonyl (C=O) groups excluding carboxylic acids is 2. The zero-order chi connectivity index (χ0) is 14.1. The fourth-order valence-electron chi connectivity index (χ4n) is 2.08. The Hall–Kier alpha value is -1.14. The molecular formula is C13H24N2O4. The number of ether oxygens (including phenoxy) is 2. The van der Waals surface area contributed by atoms with E-state index in [0.717, 1.165) is 12.8 Å². The van der Waals surface area contributed by atoms with Crippen molar-refractivity contribution in [3.8, 4) is 0 Å².